The summed E-state index contributed by atoms with van der Waals surface area (Å²) in [6.07, 6.45) is 3.06. The first kappa shape index (κ1) is 11.2. The second-order valence-corrected chi connectivity index (χ2v) is 4.52. The Bertz CT molecular complexity index is 409. The van der Waals surface area contributed by atoms with Crippen molar-refractivity contribution in [2.24, 2.45) is 5.92 Å². The van der Waals surface area contributed by atoms with Crippen LogP contribution in [0.4, 0.5) is 0 Å². The summed E-state index contributed by atoms with van der Waals surface area (Å²) in [6, 6.07) is 0. The molecule has 4 heteroatoms. The lowest BCUT2D eigenvalue weighted by Crippen LogP contribution is -2.22. The Morgan fingerprint density at radius 1 is 1.62 bits per heavy atom. The molecule has 1 atom stereocenters. The minimum atomic E-state index is -0.689. The van der Waals surface area contributed by atoms with Crippen LogP contribution in [0.2, 0.25) is 0 Å². The second-order valence-electron chi connectivity index (χ2n) is 4.52. The minimum absolute atomic E-state index is 0.283. The van der Waals surface area contributed by atoms with Crippen molar-refractivity contribution >= 4 is 5.97 Å². The predicted molar refractivity (Wildman–Crippen MR) is 60.4 cm³/mol. The number of carboxylic acids is 1. The SMILES string of the molecule is CCc1nc(C)c2n1CCC(CC(=O)O)C2. The average molecular weight is 222 g/mol. The molecule has 0 bridgehead atoms. The molecule has 0 saturated carbocycles. The van der Waals surface area contributed by atoms with Gasteiger partial charge in [0.2, 0.25) is 0 Å². The van der Waals surface area contributed by atoms with Crippen LogP contribution >= 0.6 is 0 Å². The summed E-state index contributed by atoms with van der Waals surface area (Å²) in [5.74, 6) is 0.734. The molecular formula is C12H18N2O2. The van der Waals surface area contributed by atoms with E-state index in [1.54, 1.807) is 0 Å². The summed E-state index contributed by atoms with van der Waals surface area (Å²) in [7, 11) is 0. The van der Waals surface area contributed by atoms with Crippen LogP contribution in [0.5, 0.6) is 0 Å². The van der Waals surface area contributed by atoms with Crippen LogP contribution in [0.3, 0.4) is 0 Å². The summed E-state index contributed by atoms with van der Waals surface area (Å²) in [4.78, 5) is 15.2. The molecule has 1 unspecified atom stereocenters. The van der Waals surface area contributed by atoms with E-state index in [4.69, 9.17) is 5.11 Å². The maximum atomic E-state index is 10.7. The van der Waals surface area contributed by atoms with Gasteiger partial charge in [0.25, 0.3) is 0 Å². The third-order valence-corrected chi connectivity index (χ3v) is 3.37. The van der Waals surface area contributed by atoms with Crippen LogP contribution < -0.4 is 0 Å². The van der Waals surface area contributed by atoms with Gasteiger partial charge < -0.3 is 9.67 Å². The molecule has 0 fully saturated rings. The average Bonchev–Trinajstić information content (AvgIpc) is 2.55. The highest BCUT2D eigenvalue weighted by atomic mass is 16.4. The summed E-state index contributed by atoms with van der Waals surface area (Å²) in [5, 5.41) is 8.81. The van der Waals surface area contributed by atoms with Crippen LogP contribution in [0.1, 0.15) is 37.0 Å². The zero-order valence-electron chi connectivity index (χ0n) is 9.86. The van der Waals surface area contributed by atoms with Gasteiger partial charge in [-0.3, -0.25) is 4.79 Å². The number of carboxylic acid groups (broad SMARTS) is 1. The number of fused-ring (bicyclic) bond motifs is 1. The van der Waals surface area contributed by atoms with E-state index in [9.17, 15) is 4.79 Å². The van der Waals surface area contributed by atoms with Gasteiger partial charge in [0.1, 0.15) is 5.82 Å². The standard InChI is InChI=1S/C12H18N2O2/c1-3-11-13-8(2)10-6-9(7-12(15)16)4-5-14(10)11/h9H,3-7H2,1-2H3,(H,15,16). The quantitative estimate of drug-likeness (QED) is 0.848. The van der Waals surface area contributed by atoms with Gasteiger partial charge in [-0.05, 0) is 25.7 Å². The number of aromatic nitrogens is 2. The molecule has 0 aromatic carbocycles. The van der Waals surface area contributed by atoms with Crippen molar-refractivity contribution in [1.82, 2.24) is 9.55 Å². The Balaban J connectivity index is 2.20. The first-order valence-corrected chi connectivity index (χ1v) is 5.88. The highest BCUT2D eigenvalue weighted by Gasteiger charge is 2.24. The van der Waals surface area contributed by atoms with Crippen LogP contribution in [0, 0.1) is 12.8 Å². The molecule has 1 aromatic heterocycles. The zero-order valence-corrected chi connectivity index (χ0v) is 9.86. The fraction of sp³-hybridized carbons (Fsp3) is 0.667. The van der Waals surface area contributed by atoms with Gasteiger partial charge in [0, 0.05) is 25.1 Å². The molecule has 1 aromatic rings. The largest absolute Gasteiger partial charge is 0.481 e. The van der Waals surface area contributed by atoms with E-state index in [1.807, 2.05) is 6.92 Å². The van der Waals surface area contributed by atoms with Crippen molar-refractivity contribution in [2.75, 3.05) is 0 Å². The van der Waals surface area contributed by atoms with Crippen molar-refractivity contribution in [3.63, 3.8) is 0 Å². The minimum Gasteiger partial charge on any atom is -0.481 e. The van der Waals surface area contributed by atoms with Crippen molar-refractivity contribution in [1.29, 1.82) is 0 Å². The highest BCUT2D eigenvalue weighted by Crippen LogP contribution is 2.26. The predicted octanol–water partition coefficient (Wildman–Crippen LogP) is 1.79. The molecule has 88 valence electrons. The molecule has 0 spiro atoms. The normalized spacial score (nSPS) is 19.5. The van der Waals surface area contributed by atoms with E-state index < -0.39 is 5.97 Å². The summed E-state index contributed by atoms with van der Waals surface area (Å²) >= 11 is 0. The number of aliphatic carboxylic acids is 1. The molecule has 0 amide bonds. The number of aryl methyl sites for hydroxylation is 2. The molecule has 0 radical (unpaired) electrons. The van der Waals surface area contributed by atoms with Crippen LogP contribution in [0.15, 0.2) is 0 Å². The molecular weight excluding hydrogens is 204 g/mol. The molecule has 2 rings (SSSR count). The maximum Gasteiger partial charge on any atom is 0.303 e. The van der Waals surface area contributed by atoms with Crippen molar-refractivity contribution in [2.45, 2.75) is 46.1 Å². The fourth-order valence-electron chi connectivity index (χ4n) is 2.57. The fourth-order valence-corrected chi connectivity index (χ4v) is 2.57. The van der Waals surface area contributed by atoms with Crippen molar-refractivity contribution in [3.05, 3.63) is 17.2 Å². The van der Waals surface area contributed by atoms with Gasteiger partial charge >= 0.3 is 5.97 Å². The number of carbonyl (C=O) groups is 1. The number of nitrogens with zero attached hydrogens (tertiary/aromatic N) is 2. The Labute approximate surface area is 95.3 Å². The van der Waals surface area contributed by atoms with Gasteiger partial charge in [-0.2, -0.15) is 0 Å². The number of rotatable bonds is 3. The van der Waals surface area contributed by atoms with Gasteiger partial charge in [-0.25, -0.2) is 4.98 Å². The molecule has 4 nitrogen and oxygen atoms in total. The second kappa shape index (κ2) is 4.28. The Morgan fingerprint density at radius 3 is 3.00 bits per heavy atom. The van der Waals surface area contributed by atoms with Gasteiger partial charge in [-0.1, -0.05) is 6.92 Å². The summed E-state index contributed by atoms with van der Waals surface area (Å²) < 4.78 is 2.27. The van der Waals surface area contributed by atoms with E-state index in [-0.39, 0.29) is 12.3 Å². The zero-order chi connectivity index (χ0) is 11.7. The molecule has 16 heavy (non-hydrogen) atoms. The lowest BCUT2D eigenvalue weighted by Gasteiger charge is -2.24. The topological polar surface area (TPSA) is 55.1 Å². The highest BCUT2D eigenvalue weighted by molar-refractivity contribution is 5.67. The Hall–Kier alpha value is -1.32. The maximum absolute atomic E-state index is 10.7. The molecule has 0 aliphatic carbocycles. The van der Waals surface area contributed by atoms with Crippen LogP contribution in [-0.4, -0.2) is 20.6 Å². The van der Waals surface area contributed by atoms with E-state index in [1.165, 1.54) is 5.69 Å². The lowest BCUT2D eigenvalue weighted by atomic mass is 9.92. The van der Waals surface area contributed by atoms with Crippen LogP contribution in [0.25, 0.3) is 0 Å². The van der Waals surface area contributed by atoms with E-state index in [2.05, 4.69) is 16.5 Å². The third kappa shape index (κ3) is 1.96. The smallest absolute Gasteiger partial charge is 0.303 e. The first-order chi connectivity index (χ1) is 7.61. The number of hydrogen-bond acceptors (Lipinski definition) is 2. The number of hydrogen-bond donors (Lipinski definition) is 1. The lowest BCUT2D eigenvalue weighted by molar-refractivity contribution is -0.138. The molecule has 1 aliphatic rings. The molecule has 2 heterocycles. The molecule has 1 N–H and O–H groups in total. The van der Waals surface area contributed by atoms with Crippen molar-refractivity contribution < 1.29 is 9.90 Å². The van der Waals surface area contributed by atoms with E-state index in [0.717, 1.165) is 37.3 Å². The Kier molecular flexibility index (Phi) is 2.99. The van der Waals surface area contributed by atoms with Crippen LogP contribution in [-0.2, 0) is 24.2 Å². The number of imidazole rings is 1. The third-order valence-electron chi connectivity index (χ3n) is 3.37. The summed E-state index contributed by atoms with van der Waals surface area (Å²) in [5.41, 5.74) is 2.32. The van der Waals surface area contributed by atoms with Gasteiger partial charge in [0.15, 0.2) is 0 Å². The Morgan fingerprint density at radius 2 is 2.38 bits per heavy atom. The van der Waals surface area contributed by atoms with Gasteiger partial charge in [0.05, 0.1) is 5.69 Å². The van der Waals surface area contributed by atoms with Crippen molar-refractivity contribution in [3.8, 4) is 0 Å². The van der Waals surface area contributed by atoms with E-state index in [0.29, 0.717) is 0 Å². The molecule has 0 saturated heterocycles. The van der Waals surface area contributed by atoms with E-state index >= 15 is 0 Å². The first-order valence-electron chi connectivity index (χ1n) is 5.88. The van der Waals surface area contributed by atoms with Gasteiger partial charge in [-0.15, -0.1) is 0 Å². The monoisotopic (exact) mass is 222 g/mol. The molecule has 1 aliphatic heterocycles. The summed E-state index contributed by atoms with van der Waals surface area (Å²) in [6.45, 7) is 5.06.